The van der Waals surface area contributed by atoms with Gasteiger partial charge in [0.15, 0.2) is 0 Å². The van der Waals surface area contributed by atoms with Crippen LogP contribution >= 0.6 is 7.29 Å². The van der Waals surface area contributed by atoms with E-state index in [1.807, 2.05) is 0 Å². The molecule has 3 unspecified atom stereocenters. The minimum atomic E-state index is -3.52. The molecule has 2 aliphatic heterocycles. The topological polar surface area (TPSA) is 149 Å². The second-order valence-electron chi connectivity index (χ2n) is 6.79. The van der Waals surface area contributed by atoms with Gasteiger partial charge in [-0.25, -0.2) is 0 Å². The van der Waals surface area contributed by atoms with Crippen LogP contribution in [-0.4, -0.2) is 117 Å². The molecular weight excluding hydrogens is 695 g/mol. The fourth-order valence-corrected chi connectivity index (χ4v) is 9.23. The van der Waals surface area contributed by atoms with Gasteiger partial charge in [-0.05, 0) is 0 Å². The molecule has 3 aliphatic rings. The van der Waals surface area contributed by atoms with Crippen molar-refractivity contribution < 1.29 is 70.8 Å². The van der Waals surface area contributed by atoms with Gasteiger partial charge in [-0.1, -0.05) is 0 Å². The van der Waals surface area contributed by atoms with Gasteiger partial charge >= 0.3 is 236 Å². The number of fused-ring (bicyclic) bond motifs is 1. The minimum absolute atomic E-state index is 0.00441. The van der Waals surface area contributed by atoms with Crippen molar-refractivity contribution in [3.63, 3.8) is 0 Å². The molecule has 0 aromatic heterocycles. The first-order valence-corrected chi connectivity index (χ1v) is 19.2. The maximum absolute atomic E-state index is 13.6. The normalized spacial score (nSPS) is 30.0. The third-order valence-electron chi connectivity index (χ3n) is 4.72. The summed E-state index contributed by atoms with van der Waals surface area (Å²) in [6.07, 6.45) is 5.31. The monoisotopic (exact) mass is 710 g/mol. The fourth-order valence-electron chi connectivity index (χ4n) is 3.16. The van der Waals surface area contributed by atoms with Crippen molar-refractivity contribution in [1.29, 1.82) is 0 Å². The Balaban J connectivity index is 2.08. The number of amides is 1. The SMILES string of the molecule is CS(=O)(=O)NC1=CC2C(=NC(C3=C(O)[CH]([RaH])[N]([Rb])C3=O)=NP2(=O)CCO)C=C1. The zero-order chi connectivity index (χ0) is 20.9. The van der Waals surface area contributed by atoms with Gasteiger partial charge in [-0.3, -0.25) is 0 Å². The number of sulfonamides is 1. The van der Waals surface area contributed by atoms with Crippen LogP contribution in [0, 0.1) is 42.8 Å². The number of aliphatic hydroxyl groups excluding tert-OH is 2. The standard InChI is InChI=1S/C14H15N4O6PS.Ra.Rb.H/c1-26(23,24)18-8-2-3-9-11(6-8)25(22,5-4-19)17-13(16-9)12-10(20)7-15-14(12)21;;;/h2-3,6-7,11,18-19H,4-5H2,1H3,(H-,15,17,20,21,22);;;/q-1;;+1;. The number of amidine groups is 1. The predicted molar refractivity (Wildman–Crippen MR) is 101 cm³/mol. The molecule has 3 rings (SSSR count). The second kappa shape index (κ2) is 8.89. The summed E-state index contributed by atoms with van der Waals surface area (Å²) >= 11 is -0.335. The van der Waals surface area contributed by atoms with Gasteiger partial charge in [0.1, 0.15) is 0 Å². The molecule has 2 heterocycles. The summed E-state index contributed by atoms with van der Waals surface area (Å²) in [6.45, 7) is -0.395. The summed E-state index contributed by atoms with van der Waals surface area (Å²) in [5, 5.41) is 19.8. The summed E-state index contributed by atoms with van der Waals surface area (Å²) in [7, 11) is -7.01. The third-order valence-corrected chi connectivity index (χ3v) is 26.7. The maximum atomic E-state index is 13.6. The second-order valence-corrected chi connectivity index (χ2v) is 18.1. The zero-order valence-corrected chi connectivity index (χ0v) is 30.4. The van der Waals surface area contributed by atoms with Gasteiger partial charge in [-0.15, -0.1) is 0 Å². The van der Waals surface area contributed by atoms with Crippen molar-refractivity contribution in [3.8, 4) is 0 Å². The van der Waals surface area contributed by atoms with E-state index < -0.39 is 29.6 Å². The number of aliphatic hydroxyl groups is 2. The number of carbonyl (C=O) groups is 1. The van der Waals surface area contributed by atoms with Crippen LogP contribution in [0.2, 0.25) is 0 Å². The van der Waals surface area contributed by atoms with Crippen LogP contribution in [0.5, 0.6) is 0 Å². The third kappa shape index (κ3) is 4.76. The average Bonchev–Trinajstić information content (AvgIpc) is 2.77. The van der Waals surface area contributed by atoms with Gasteiger partial charge in [0.25, 0.3) is 0 Å². The zero-order valence-electron chi connectivity index (χ0n) is 15.5. The summed E-state index contributed by atoms with van der Waals surface area (Å²) in [5.41, 5.74) is -0.230. The van der Waals surface area contributed by atoms with Crippen LogP contribution < -0.4 is 4.72 Å². The van der Waals surface area contributed by atoms with Crippen molar-refractivity contribution in [2.24, 2.45) is 9.76 Å². The van der Waals surface area contributed by atoms with E-state index in [-0.39, 0.29) is 135 Å². The Kier molecular flexibility index (Phi) is 7.52. The number of allylic oxidation sites excluding steroid dienone is 3. The number of hydrogen-bond donors (Lipinski definition) is 3. The number of rotatable bonds is 5. The molecule has 10 nitrogen and oxygen atoms in total. The van der Waals surface area contributed by atoms with E-state index in [9.17, 15) is 28.0 Å². The van der Waals surface area contributed by atoms with Crippen molar-refractivity contribution in [2.45, 2.75) is 6.74 Å². The Bertz CT molecular complexity index is 1050. The Morgan fingerprint density at radius 2 is 2.11 bits per heavy atom. The van der Waals surface area contributed by atoms with Crippen molar-refractivity contribution in [2.75, 3.05) is 19.0 Å². The fraction of sp³-hybridized carbons (Fsp3) is 0.357. The first-order valence-electron chi connectivity index (χ1n) is 8.43. The first-order chi connectivity index (χ1) is 13.0. The van der Waals surface area contributed by atoms with Gasteiger partial charge in [0.05, 0.1) is 0 Å². The van der Waals surface area contributed by atoms with E-state index in [4.69, 9.17) is 0 Å². The molecule has 0 bridgehead atoms. The van der Waals surface area contributed by atoms with Crippen LogP contribution in [0.25, 0.3) is 0 Å². The predicted octanol–water partition coefficient (Wildman–Crippen LogP) is -1.17. The van der Waals surface area contributed by atoms with E-state index in [1.54, 1.807) is -1.36 Å². The Hall–Kier alpha value is 1.04. The van der Waals surface area contributed by atoms with E-state index in [1.165, 1.54) is 18.2 Å². The molecule has 0 aromatic rings. The average molecular weight is 711 g/mol. The molecule has 142 valence electrons. The Morgan fingerprint density at radius 1 is 1.43 bits per heavy atom. The quantitative estimate of drug-likeness (QED) is 0.307. The molecule has 3 atom stereocenters. The molecule has 1 amide bonds. The van der Waals surface area contributed by atoms with E-state index in [0.29, 0.717) is 5.71 Å². The van der Waals surface area contributed by atoms with Gasteiger partial charge in [0, 0.05) is 0 Å². The molecule has 0 saturated heterocycles. The number of nitrogens with zero attached hydrogens (tertiary/aromatic N) is 3. The number of nitrogens with one attached hydrogen (secondary N) is 1. The van der Waals surface area contributed by atoms with Crippen LogP contribution in [0.1, 0.15) is 0 Å². The first kappa shape index (κ1) is 23.7. The number of hydrogen-bond acceptors (Lipinski definition) is 7. The number of aliphatic imine (C=N–C) groups is 1. The summed E-state index contributed by atoms with van der Waals surface area (Å²) < 4.78 is 44.5. The molecule has 28 heavy (non-hydrogen) atoms. The summed E-state index contributed by atoms with van der Waals surface area (Å²) in [6, 6.07) is 0. The van der Waals surface area contributed by atoms with Crippen molar-refractivity contribution in [3.05, 3.63) is 35.3 Å². The van der Waals surface area contributed by atoms with Crippen LogP contribution in [0.15, 0.2) is 45.0 Å². The molecule has 0 saturated carbocycles. The molecule has 1 aliphatic carbocycles. The molecule has 3 N–H and O–H groups in total. The van der Waals surface area contributed by atoms with Gasteiger partial charge in [-0.2, -0.15) is 0 Å². The van der Waals surface area contributed by atoms with Gasteiger partial charge < -0.3 is 0 Å². The van der Waals surface area contributed by atoms with E-state index in [0.717, 1.165) is 6.26 Å². The molecule has 0 aromatic carbocycles. The van der Waals surface area contributed by atoms with E-state index in [2.05, 4.69) is 14.5 Å². The van der Waals surface area contributed by atoms with Gasteiger partial charge in [0.2, 0.25) is 0 Å². The van der Waals surface area contributed by atoms with Crippen LogP contribution in [0.4, 0.5) is 0 Å². The number of carbonyl (C=O) groups excluding carboxylic acids is 1. The van der Waals surface area contributed by atoms with E-state index >= 15 is 0 Å². The van der Waals surface area contributed by atoms with Crippen molar-refractivity contribution in [1.82, 2.24) is 3.37 Å². The molecule has 14 heteroatoms. The van der Waals surface area contributed by atoms with Crippen LogP contribution in [-0.2, 0) is 19.4 Å². The molecule has 0 fully saturated rings. The summed E-state index contributed by atoms with van der Waals surface area (Å²) in [4.78, 5) is 16.9. The molecule has 0 spiro atoms. The molecule has 0 radical (unpaired) electrons. The van der Waals surface area contributed by atoms with Crippen LogP contribution in [0.3, 0.4) is 0 Å². The Labute approximate surface area is 231 Å². The van der Waals surface area contributed by atoms with Crippen molar-refractivity contribution >= 4 is 90.8 Å². The summed E-state index contributed by atoms with van der Waals surface area (Å²) in [5.74, 6) is -0.462. The Morgan fingerprint density at radius 3 is 2.64 bits per heavy atom. The molecular formula is C14H16N4O6PRaRbS.